The third kappa shape index (κ3) is 2.09. The minimum absolute atomic E-state index is 0.00106. The number of halogens is 1. The zero-order chi connectivity index (χ0) is 15.5. The molecule has 0 N–H and O–H groups in total. The molecule has 1 aromatic carbocycles. The van der Waals surface area contributed by atoms with Crippen LogP contribution in [-0.4, -0.2) is 22.6 Å². The van der Waals surface area contributed by atoms with Crippen LogP contribution in [0.5, 0.6) is 0 Å². The lowest BCUT2D eigenvalue weighted by molar-refractivity contribution is 0.544. The van der Waals surface area contributed by atoms with Crippen molar-refractivity contribution in [3.63, 3.8) is 0 Å². The fourth-order valence-electron chi connectivity index (χ4n) is 3.40. The van der Waals surface area contributed by atoms with Gasteiger partial charge in [-0.1, -0.05) is 13.8 Å². The zero-order valence-corrected chi connectivity index (χ0v) is 13.2. The van der Waals surface area contributed by atoms with E-state index in [1.54, 1.807) is 18.5 Å². The van der Waals surface area contributed by atoms with E-state index in [9.17, 15) is 4.39 Å². The standard InChI is InChI=1S/C18H20FN3/c1-11-20-8-12(9-21-11)14-6-17-15(7-16(14)19)18(2,3)10-22(17)13-4-5-13/h6-9,13H,4-5,10H2,1-3H3. The molecule has 1 saturated carbocycles. The molecule has 1 fully saturated rings. The molecule has 4 rings (SSSR count). The van der Waals surface area contributed by atoms with Gasteiger partial charge in [-0.15, -0.1) is 0 Å². The molecule has 0 bridgehead atoms. The molecule has 0 unspecified atom stereocenters. The van der Waals surface area contributed by atoms with Crippen molar-refractivity contribution in [1.29, 1.82) is 0 Å². The summed E-state index contributed by atoms with van der Waals surface area (Å²) in [4.78, 5) is 10.8. The van der Waals surface area contributed by atoms with E-state index in [0.29, 0.717) is 17.4 Å². The van der Waals surface area contributed by atoms with Crippen molar-refractivity contribution in [3.05, 3.63) is 41.7 Å². The smallest absolute Gasteiger partial charge is 0.131 e. The van der Waals surface area contributed by atoms with Crippen LogP contribution in [-0.2, 0) is 5.41 Å². The molecule has 1 aromatic heterocycles. The van der Waals surface area contributed by atoms with Gasteiger partial charge in [-0.25, -0.2) is 14.4 Å². The SMILES string of the molecule is Cc1ncc(-c2cc3c(cc2F)C(C)(C)CN3C2CC2)cn1. The molecule has 114 valence electrons. The highest BCUT2D eigenvalue weighted by molar-refractivity contribution is 5.74. The molecular weight excluding hydrogens is 277 g/mol. The van der Waals surface area contributed by atoms with Gasteiger partial charge in [0.05, 0.1) is 0 Å². The summed E-state index contributed by atoms with van der Waals surface area (Å²) < 4.78 is 14.6. The van der Waals surface area contributed by atoms with Crippen LogP contribution in [0.15, 0.2) is 24.5 Å². The van der Waals surface area contributed by atoms with Crippen LogP contribution < -0.4 is 4.90 Å². The van der Waals surface area contributed by atoms with Crippen LogP contribution in [0.25, 0.3) is 11.1 Å². The number of anilines is 1. The Bertz CT molecular complexity index is 733. The Morgan fingerprint density at radius 1 is 1.18 bits per heavy atom. The summed E-state index contributed by atoms with van der Waals surface area (Å²) in [6.45, 7) is 7.20. The highest BCUT2D eigenvalue weighted by Gasteiger charge is 2.42. The number of hydrogen-bond donors (Lipinski definition) is 0. The monoisotopic (exact) mass is 297 g/mol. The van der Waals surface area contributed by atoms with E-state index in [1.165, 1.54) is 18.5 Å². The first-order valence-electron chi connectivity index (χ1n) is 7.85. The maximum absolute atomic E-state index is 14.6. The van der Waals surface area contributed by atoms with Gasteiger partial charge in [0.25, 0.3) is 0 Å². The summed E-state index contributed by atoms with van der Waals surface area (Å²) in [5.41, 5.74) is 3.65. The summed E-state index contributed by atoms with van der Waals surface area (Å²) in [6, 6.07) is 4.34. The average Bonchev–Trinajstić information content (AvgIpc) is 3.27. The first-order chi connectivity index (χ1) is 10.5. The van der Waals surface area contributed by atoms with Gasteiger partial charge in [0.15, 0.2) is 0 Å². The molecule has 0 amide bonds. The van der Waals surface area contributed by atoms with E-state index in [4.69, 9.17) is 0 Å². The number of benzene rings is 1. The Labute approximate surface area is 130 Å². The topological polar surface area (TPSA) is 29.0 Å². The van der Waals surface area contributed by atoms with Crippen molar-refractivity contribution in [2.24, 2.45) is 0 Å². The quantitative estimate of drug-likeness (QED) is 0.843. The summed E-state index contributed by atoms with van der Waals surface area (Å²) in [5.74, 6) is 0.517. The van der Waals surface area contributed by atoms with Gasteiger partial charge in [-0.2, -0.15) is 0 Å². The van der Waals surface area contributed by atoms with Crippen molar-refractivity contribution in [2.45, 2.75) is 45.1 Å². The van der Waals surface area contributed by atoms with Gasteiger partial charge in [0.2, 0.25) is 0 Å². The number of aryl methyl sites for hydroxylation is 1. The van der Waals surface area contributed by atoms with Gasteiger partial charge in [0, 0.05) is 47.2 Å². The van der Waals surface area contributed by atoms with E-state index in [0.717, 1.165) is 17.7 Å². The van der Waals surface area contributed by atoms with Crippen molar-refractivity contribution in [1.82, 2.24) is 9.97 Å². The lowest BCUT2D eigenvalue weighted by atomic mass is 9.86. The number of fused-ring (bicyclic) bond motifs is 1. The Balaban J connectivity index is 1.85. The molecule has 22 heavy (non-hydrogen) atoms. The van der Waals surface area contributed by atoms with E-state index in [-0.39, 0.29) is 11.2 Å². The molecule has 0 saturated heterocycles. The molecule has 1 aliphatic heterocycles. The van der Waals surface area contributed by atoms with E-state index in [1.807, 2.05) is 13.0 Å². The van der Waals surface area contributed by atoms with Crippen molar-refractivity contribution < 1.29 is 4.39 Å². The highest BCUT2D eigenvalue weighted by Crippen LogP contribution is 2.47. The molecule has 0 atom stereocenters. The second kappa shape index (κ2) is 4.51. The molecular formula is C18H20FN3. The maximum Gasteiger partial charge on any atom is 0.131 e. The van der Waals surface area contributed by atoms with Crippen LogP contribution in [0.4, 0.5) is 10.1 Å². The fraction of sp³-hybridized carbons (Fsp3) is 0.444. The number of aromatic nitrogens is 2. The van der Waals surface area contributed by atoms with Gasteiger partial charge < -0.3 is 4.90 Å². The van der Waals surface area contributed by atoms with Crippen LogP contribution in [0.1, 0.15) is 38.1 Å². The van der Waals surface area contributed by atoms with Crippen molar-refractivity contribution >= 4 is 5.69 Å². The normalized spacial score (nSPS) is 19.4. The van der Waals surface area contributed by atoms with Gasteiger partial charge in [-0.05, 0) is 37.5 Å². The number of nitrogens with zero attached hydrogens (tertiary/aromatic N) is 3. The van der Waals surface area contributed by atoms with Crippen molar-refractivity contribution in [3.8, 4) is 11.1 Å². The molecule has 0 spiro atoms. The maximum atomic E-state index is 14.6. The second-order valence-corrected chi connectivity index (χ2v) is 7.11. The second-order valence-electron chi connectivity index (χ2n) is 7.11. The summed E-state index contributed by atoms with van der Waals surface area (Å²) in [6.07, 6.45) is 5.90. The minimum atomic E-state index is -0.183. The minimum Gasteiger partial charge on any atom is -0.367 e. The van der Waals surface area contributed by atoms with Gasteiger partial charge >= 0.3 is 0 Å². The lowest BCUT2D eigenvalue weighted by Crippen LogP contribution is -2.30. The predicted molar refractivity (Wildman–Crippen MR) is 85.6 cm³/mol. The zero-order valence-electron chi connectivity index (χ0n) is 13.2. The molecule has 1 aliphatic carbocycles. The highest BCUT2D eigenvalue weighted by atomic mass is 19.1. The molecule has 2 aliphatic rings. The fourth-order valence-corrected chi connectivity index (χ4v) is 3.40. The molecule has 2 aromatic rings. The third-order valence-electron chi connectivity index (χ3n) is 4.77. The summed E-state index contributed by atoms with van der Waals surface area (Å²) in [5, 5.41) is 0. The Hall–Kier alpha value is -1.97. The largest absolute Gasteiger partial charge is 0.367 e. The molecule has 2 heterocycles. The Kier molecular flexibility index (Phi) is 2.80. The van der Waals surface area contributed by atoms with E-state index < -0.39 is 0 Å². The third-order valence-corrected chi connectivity index (χ3v) is 4.77. The molecule has 0 radical (unpaired) electrons. The molecule has 4 heteroatoms. The van der Waals surface area contributed by atoms with Gasteiger partial charge in [-0.3, -0.25) is 0 Å². The Morgan fingerprint density at radius 3 is 2.50 bits per heavy atom. The van der Waals surface area contributed by atoms with Crippen molar-refractivity contribution in [2.75, 3.05) is 11.4 Å². The van der Waals surface area contributed by atoms with Crippen LogP contribution >= 0.6 is 0 Å². The Morgan fingerprint density at radius 2 is 1.86 bits per heavy atom. The number of hydrogen-bond acceptors (Lipinski definition) is 3. The predicted octanol–water partition coefficient (Wildman–Crippen LogP) is 3.85. The van der Waals surface area contributed by atoms with Crippen LogP contribution in [0, 0.1) is 12.7 Å². The summed E-state index contributed by atoms with van der Waals surface area (Å²) in [7, 11) is 0. The van der Waals surface area contributed by atoms with Crippen LogP contribution in [0.2, 0.25) is 0 Å². The molecule has 3 nitrogen and oxygen atoms in total. The first-order valence-corrected chi connectivity index (χ1v) is 7.85. The average molecular weight is 297 g/mol. The van der Waals surface area contributed by atoms with E-state index in [2.05, 4.69) is 28.7 Å². The van der Waals surface area contributed by atoms with Crippen LogP contribution in [0.3, 0.4) is 0 Å². The summed E-state index contributed by atoms with van der Waals surface area (Å²) >= 11 is 0. The lowest BCUT2D eigenvalue weighted by Gasteiger charge is -2.22. The number of rotatable bonds is 2. The van der Waals surface area contributed by atoms with E-state index >= 15 is 0 Å². The first kappa shape index (κ1) is 13.7. The van der Waals surface area contributed by atoms with Gasteiger partial charge in [0.1, 0.15) is 11.6 Å².